The van der Waals surface area contributed by atoms with E-state index in [9.17, 15) is 4.79 Å². The maximum absolute atomic E-state index is 11.9. The van der Waals surface area contributed by atoms with Crippen molar-refractivity contribution in [3.05, 3.63) is 0 Å². The molecule has 0 aromatic heterocycles. The second kappa shape index (κ2) is 7.67. The minimum absolute atomic E-state index is 0.250. The predicted octanol–water partition coefficient (Wildman–Crippen LogP) is 3.99. The molecule has 1 amide bonds. The molecule has 2 saturated carbocycles. The van der Waals surface area contributed by atoms with Crippen LogP contribution < -0.4 is 10.6 Å². The van der Waals surface area contributed by atoms with Gasteiger partial charge in [-0.25, -0.2) is 4.79 Å². The van der Waals surface area contributed by atoms with Gasteiger partial charge in [0, 0.05) is 18.1 Å². The number of rotatable bonds is 6. The molecule has 3 atom stereocenters. The minimum Gasteiger partial charge on any atom is -0.444 e. The van der Waals surface area contributed by atoms with Crippen molar-refractivity contribution in [2.45, 2.75) is 103 Å². The number of hydrogen-bond acceptors (Lipinski definition) is 3. The van der Waals surface area contributed by atoms with Gasteiger partial charge in [-0.3, -0.25) is 0 Å². The third-order valence-electron chi connectivity index (χ3n) is 4.67. The van der Waals surface area contributed by atoms with Gasteiger partial charge in [-0.1, -0.05) is 19.8 Å². The fraction of sp³-hybridized carbons (Fsp3) is 0.944. The molecule has 0 radical (unpaired) electrons. The fourth-order valence-electron chi connectivity index (χ4n) is 3.39. The van der Waals surface area contributed by atoms with Crippen LogP contribution in [0.5, 0.6) is 0 Å². The van der Waals surface area contributed by atoms with Crippen LogP contribution in [-0.2, 0) is 4.74 Å². The Morgan fingerprint density at radius 1 is 1.18 bits per heavy atom. The molecule has 2 fully saturated rings. The van der Waals surface area contributed by atoms with Crippen molar-refractivity contribution < 1.29 is 9.53 Å². The van der Waals surface area contributed by atoms with Crippen LogP contribution in [0.1, 0.15) is 79.1 Å². The monoisotopic (exact) mass is 310 g/mol. The summed E-state index contributed by atoms with van der Waals surface area (Å²) < 4.78 is 5.37. The molecule has 4 nitrogen and oxygen atoms in total. The molecule has 2 aliphatic carbocycles. The van der Waals surface area contributed by atoms with Gasteiger partial charge >= 0.3 is 6.09 Å². The van der Waals surface area contributed by atoms with Crippen LogP contribution in [0.15, 0.2) is 0 Å². The summed E-state index contributed by atoms with van der Waals surface area (Å²) >= 11 is 0. The maximum Gasteiger partial charge on any atom is 0.407 e. The van der Waals surface area contributed by atoms with Crippen molar-refractivity contribution in [2.75, 3.05) is 0 Å². The van der Waals surface area contributed by atoms with Crippen molar-refractivity contribution in [1.29, 1.82) is 0 Å². The third kappa shape index (κ3) is 6.55. The number of nitrogens with one attached hydrogen (secondary N) is 2. The van der Waals surface area contributed by atoms with Crippen LogP contribution in [0, 0.1) is 5.92 Å². The number of hydrogen-bond donors (Lipinski definition) is 2. The lowest BCUT2D eigenvalue weighted by atomic mass is 9.90. The summed E-state index contributed by atoms with van der Waals surface area (Å²) in [6.07, 6.45) is 9.61. The highest BCUT2D eigenvalue weighted by atomic mass is 16.6. The van der Waals surface area contributed by atoms with Gasteiger partial charge in [0.25, 0.3) is 0 Å². The predicted molar refractivity (Wildman–Crippen MR) is 90.0 cm³/mol. The van der Waals surface area contributed by atoms with E-state index in [-0.39, 0.29) is 12.1 Å². The molecule has 0 spiro atoms. The van der Waals surface area contributed by atoms with E-state index in [1.807, 2.05) is 20.8 Å². The SMILES string of the molecule is CCC(CC1CC1)NC1CCCC(NC(=O)OC(C)(C)C)C1. The Bertz CT molecular complexity index is 361. The molecule has 0 heterocycles. The van der Waals surface area contributed by atoms with Crippen LogP contribution in [0.25, 0.3) is 0 Å². The second-order valence-electron chi connectivity index (χ2n) is 8.16. The Balaban J connectivity index is 1.74. The molecule has 4 heteroatoms. The van der Waals surface area contributed by atoms with E-state index in [0.717, 1.165) is 18.8 Å². The van der Waals surface area contributed by atoms with E-state index >= 15 is 0 Å². The highest BCUT2D eigenvalue weighted by Crippen LogP contribution is 2.34. The molecule has 0 bridgehead atoms. The van der Waals surface area contributed by atoms with Crippen LogP contribution in [0.2, 0.25) is 0 Å². The first-order chi connectivity index (χ1) is 10.4. The Morgan fingerprint density at radius 3 is 2.45 bits per heavy atom. The minimum atomic E-state index is -0.423. The van der Waals surface area contributed by atoms with Crippen LogP contribution in [-0.4, -0.2) is 29.8 Å². The van der Waals surface area contributed by atoms with Gasteiger partial charge in [0.15, 0.2) is 0 Å². The van der Waals surface area contributed by atoms with E-state index in [1.54, 1.807) is 0 Å². The molecule has 3 unspecified atom stereocenters. The van der Waals surface area contributed by atoms with Crippen molar-refractivity contribution >= 4 is 6.09 Å². The first-order valence-electron chi connectivity index (χ1n) is 9.11. The summed E-state index contributed by atoms with van der Waals surface area (Å²) in [5.41, 5.74) is -0.423. The lowest BCUT2D eigenvalue weighted by Crippen LogP contribution is -2.47. The van der Waals surface area contributed by atoms with Crippen LogP contribution >= 0.6 is 0 Å². The summed E-state index contributed by atoms with van der Waals surface area (Å²) in [5.74, 6) is 0.969. The molecule has 0 aromatic rings. The van der Waals surface area contributed by atoms with Gasteiger partial charge in [-0.2, -0.15) is 0 Å². The fourth-order valence-corrected chi connectivity index (χ4v) is 3.39. The molecule has 22 heavy (non-hydrogen) atoms. The summed E-state index contributed by atoms with van der Waals surface area (Å²) in [6, 6.07) is 1.44. The van der Waals surface area contributed by atoms with Crippen LogP contribution in [0.4, 0.5) is 4.79 Å². The molecule has 0 aromatic carbocycles. The van der Waals surface area contributed by atoms with Crippen molar-refractivity contribution in [3.8, 4) is 0 Å². The van der Waals surface area contributed by atoms with Gasteiger partial charge in [0.1, 0.15) is 5.60 Å². The molecule has 128 valence electrons. The highest BCUT2D eigenvalue weighted by Gasteiger charge is 2.29. The van der Waals surface area contributed by atoms with E-state index in [2.05, 4.69) is 17.6 Å². The first kappa shape index (κ1) is 17.6. The number of carbonyl (C=O) groups excluding carboxylic acids is 1. The van der Waals surface area contributed by atoms with Gasteiger partial charge < -0.3 is 15.4 Å². The first-order valence-corrected chi connectivity index (χ1v) is 9.11. The average molecular weight is 310 g/mol. The average Bonchev–Trinajstić information content (AvgIpc) is 3.20. The number of amides is 1. The molecule has 2 N–H and O–H groups in total. The molecule has 2 rings (SSSR count). The maximum atomic E-state index is 11.9. The smallest absolute Gasteiger partial charge is 0.407 e. The molecular formula is C18H34N2O2. The Kier molecular flexibility index (Phi) is 6.13. The van der Waals surface area contributed by atoms with E-state index in [0.29, 0.717) is 12.1 Å². The Labute approximate surface area is 135 Å². The zero-order chi connectivity index (χ0) is 16.2. The van der Waals surface area contributed by atoms with E-state index in [1.165, 1.54) is 38.5 Å². The van der Waals surface area contributed by atoms with Gasteiger partial charge in [0.2, 0.25) is 0 Å². The Hall–Kier alpha value is -0.770. The number of ether oxygens (including phenoxy) is 1. The lowest BCUT2D eigenvalue weighted by Gasteiger charge is -2.33. The van der Waals surface area contributed by atoms with Gasteiger partial charge in [-0.15, -0.1) is 0 Å². The number of carbonyl (C=O) groups is 1. The summed E-state index contributed by atoms with van der Waals surface area (Å²) in [6.45, 7) is 7.99. The summed E-state index contributed by atoms with van der Waals surface area (Å²) in [5, 5.41) is 6.88. The Morgan fingerprint density at radius 2 is 1.86 bits per heavy atom. The van der Waals surface area contributed by atoms with E-state index in [4.69, 9.17) is 4.74 Å². The molecule has 0 saturated heterocycles. The largest absolute Gasteiger partial charge is 0.444 e. The zero-order valence-electron chi connectivity index (χ0n) is 14.8. The molecule has 2 aliphatic rings. The second-order valence-corrected chi connectivity index (χ2v) is 8.16. The standard InChI is InChI=1S/C18H34N2O2/c1-5-14(11-13-9-10-13)19-15-7-6-8-16(12-15)20-17(21)22-18(2,3)4/h13-16,19H,5-12H2,1-4H3,(H,20,21). The van der Waals surface area contributed by atoms with Crippen LogP contribution in [0.3, 0.4) is 0 Å². The number of alkyl carbamates (subject to hydrolysis) is 1. The highest BCUT2D eigenvalue weighted by molar-refractivity contribution is 5.68. The topological polar surface area (TPSA) is 50.4 Å². The molecular weight excluding hydrogens is 276 g/mol. The van der Waals surface area contributed by atoms with Crippen molar-refractivity contribution in [1.82, 2.24) is 10.6 Å². The summed E-state index contributed by atoms with van der Waals surface area (Å²) in [4.78, 5) is 11.9. The van der Waals surface area contributed by atoms with Gasteiger partial charge in [-0.05, 0) is 65.2 Å². The normalized spacial score (nSPS) is 27.3. The lowest BCUT2D eigenvalue weighted by molar-refractivity contribution is 0.0488. The molecule has 0 aliphatic heterocycles. The zero-order valence-corrected chi connectivity index (χ0v) is 14.8. The summed E-state index contributed by atoms with van der Waals surface area (Å²) in [7, 11) is 0. The van der Waals surface area contributed by atoms with Crippen molar-refractivity contribution in [2.24, 2.45) is 5.92 Å². The quantitative estimate of drug-likeness (QED) is 0.780. The third-order valence-corrected chi connectivity index (χ3v) is 4.67. The van der Waals surface area contributed by atoms with Crippen molar-refractivity contribution in [3.63, 3.8) is 0 Å². The van der Waals surface area contributed by atoms with Gasteiger partial charge in [0.05, 0.1) is 0 Å². The van der Waals surface area contributed by atoms with E-state index < -0.39 is 5.60 Å².